The fraction of sp³-hybridized carbons (Fsp3) is 0.207. The first-order valence-corrected chi connectivity index (χ1v) is 12.4. The van der Waals surface area contributed by atoms with E-state index in [-0.39, 0.29) is 22.9 Å². The number of halogens is 2. The van der Waals surface area contributed by atoms with Crippen molar-refractivity contribution < 1.29 is 13.9 Å². The Balaban J connectivity index is 1.76. The molecule has 2 N–H and O–H groups in total. The molecule has 0 radical (unpaired) electrons. The summed E-state index contributed by atoms with van der Waals surface area (Å²) in [5, 5.41) is 15.7. The lowest BCUT2D eigenvalue weighted by molar-refractivity contribution is 0.470. The number of nitrogens with zero attached hydrogens (tertiary/aromatic N) is 4. The molecule has 2 aromatic heterocycles. The summed E-state index contributed by atoms with van der Waals surface area (Å²) in [6.45, 7) is 5.79. The normalized spacial score (nSPS) is 15.9. The molecule has 38 heavy (non-hydrogen) atoms. The number of phenols is 1. The number of hydrogen-bond donors (Lipinski definition) is 2. The minimum atomic E-state index is -0.830. The van der Waals surface area contributed by atoms with Crippen molar-refractivity contribution in [2.75, 3.05) is 24.5 Å². The van der Waals surface area contributed by atoms with Gasteiger partial charge >= 0.3 is 5.69 Å². The van der Waals surface area contributed by atoms with Crippen molar-refractivity contribution in [3.63, 3.8) is 0 Å². The van der Waals surface area contributed by atoms with Gasteiger partial charge < -0.3 is 15.3 Å². The van der Waals surface area contributed by atoms with Crippen LogP contribution in [0.15, 0.2) is 65.5 Å². The van der Waals surface area contributed by atoms with Crippen molar-refractivity contribution >= 4 is 27.6 Å². The lowest BCUT2D eigenvalue weighted by Crippen LogP contribution is -2.50. The minimum absolute atomic E-state index is 0.00709. The third-order valence-electron chi connectivity index (χ3n) is 7.13. The van der Waals surface area contributed by atoms with Crippen molar-refractivity contribution in [3.05, 3.63) is 88.3 Å². The van der Waals surface area contributed by atoms with Gasteiger partial charge in [0.15, 0.2) is 11.5 Å². The monoisotopic (exact) mass is 513 g/mol. The van der Waals surface area contributed by atoms with Crippen LogP contribution in [0, 0.1) is 18.6 Å². The Morgan fingerprint density at radius 2 is 1.82 bits per heavy atom. The number of phenolic OH excluding ortho intramolecular Hbond substituents is 1. The van der Waals surface area contributed by atoms with E-state index in [0.29, 0.717) is 36.5 Å². The molecule has 3 aromatic carbocycles. The summed E-state index contributed by atoms with van der Waals surface area (Å²) in [6, 6.07) is 16.4. The molecule has 3 heterocycles. The first kappa shape index (κ1) is 24.0. The molecule has 9 heteroatoms. The average Bonchev–Trinajstić information content (AvgIpc) is 2.90. The maximum absolute atomic E-state index is 15.7. The predicted octanol–water partition coefficient (Wildman–Crippen LogP) is 4.69. The van der Waals surface area contributed by atoms with E-state index in [1.807, 2.05) is 55.1 Å². The molecule has 6 rings (SSSR count). The van der Waals surface area contributed by atoms with Gasteiger partial charge in [-0.2, -0.15) is 4.98 Å². The number of aromatic nitrogens is 3. The van der Waals surface area contributed by atoms with Crippen LogP contribution in [0.5, 0.6) is 5.75 Å². The number of rotatable bonds is 3. The van der Waals surface area contributed by atoms with Crippen molar-refractivity contribution in [2.45, 2.75) is 19.9 Å². The van der Waals surface area contributed by atoms with Crippen molar-refractivity contribution in [1.82, 2.24) is 19.9 Å². The van der Waals surface area contributed by atoms with E-state index in [0.717, 1.165) is 22.4 Å². The third-order valence-corrected chi connectivity index (χ3v) is 7.13. The Hall–Kier alpha value is -4.37. The molecule has 0 spiro atoms. The van der Waals surface area contributed by atoms with Crippen LogP contribution < -0.4 is 15.9 Å². The molecular formula is C29H25F2N5O2. The fourth-order valence-electron chi connectivity index (χ4n) is 5.27. The quantitative estimate of drug-likeness (QED) is 0.364. The highest BCUT2D eigenvalue weighted by Crippen LogP contribution is 2.36. The Kier molecular flexibility index (Phi) is 5.80. The number of nitrogens with one attached hydrogen (secondary N) is 1. The number of fused-ring (bicyclic) bond motifs is 2. The molecule has 0 unspecified atom stereocenters. The molecule has 1 aliphatic heterocycles. The lowest BCUT2D eigenvalue weighted by atomic mass is 10.0. The second-order valence-corrected chi connectivity index (χ2v) is 9.58. The second-order valence-electron chi connectivity index (χ2n) is 9.58. The SMILES string of the molecule is Cc1ccc2ccccc2c1-n1c(=O)nc(N2CCNC[C@@H]2C)c2cc(F)c(-c3c(O)cccc3F)nc21. The summed E-state index contributed by atoms with van der Waals surface area (Å²) in [4.78, 5) is 24.8. The molecule has 0 amide bonds. The molecule has 192 valence electrons. The highest BCUT2D eigenvalue weighted by Gasteiger charge is 2.27. The minimum Gasteiger partial charge on any atom is -0.507 e. The summed E-state index contributed by atoms with van der Waals surface area (Å²) in [7, 11) is 0. The van der Waals surface area contributed by atoms with Gasteiger partial charge in [-0.15, -0.1) is 0 Å². The fourth-order valence-corrected chi connectivity index (χ4v) is 5.27. The van der Waals surface area contributed by atoms with Gasteiger partial charge in [-0.3, -0.25) is 0 Å². The number of piperazine rings is 1. The Morgan fingerprint density at radius 1 is 1.00 bits per heavy atom. The molecule has 0 aliphatic carbocycles. The van der Waals surface area contributed by atoms with Crippen LogP contribution in [0.3, 0.4) is 0 Å². The molecule has 5 aromatic rings. The molecule has 1 aliphatic rings. The van der Waals surface area contributed by atoms with Gasteiger partial charge in [-0.05, 0) is 43.0 Å². The highest BCUT2D eigenvalue weighted by molar-refractivity contribution is 5.96. The van der Waals surface area contributed by atoms with Gasteiger partial charge in [0, 0.05) is 31.1 Å². The first-order chi connectivity index (χ1) is 18.3. The van der Waals surface area contributed by atoms with Crippen LogP contribution in [-0.2, 0) is 0 Å². The van der Waals surface area contributed by atoms with Crippen molar-refractivity contribution in [2.24, 2.45) is 0 Å². The molecule has 1 saturated heterocycles. The maximum Gasteiger partial charge on any atom is 0.355 e. The Labute approximate surface area is 217 Å². The summed E-state index contributed by atoms with van der Waals surface area (Å²) >= 11 is 0. The van der Waals surface area contributed by atoms with E-state index in [1.165, 1.54) is 22.8 Å². The second kappa shape index (κ2) is 9.18. The summed E-state index contributed by atoms with van der Waals surface area (Å²) in [5.41, 5.74) is 0.149. The zero-order chi connectivity index (χ0) is 26.6. The number of aromatic hydroxyl groups is 1. The van der Waals surface area contributed by atoms with E-state index in [1.54, 1.807) is 0 Å². The standard InChI is InChI=1S/C29H25F2N5O2/c1-16-10-11-18-6-3-4-7-19(18)26(16)36-28-20(27(34-29(36)38)35-13-12-32-15-17(35)2)14-22(31)25(33-28)24-21(30)8-5-9-23(24)37/h3-11,14,17,32,37H,12-13,15H2,1-2H3/t17-/m0/s1. The largest absolute Gasteiger partial charge is 0.507 e. The van der Waals surface area contributed by atoms with Crippen LogP contribution in [0.25, 0.3) is 38.8 Å². The van der Waals surface area contributed by atoms with Crippen LogP contribution in [-0.4, -0.2) is 45.3 Å². The predicted molar refractivity (Wildman–Crippen MR) is 144 cm³/mol. The van der Waals surface area contributed by atoms with E-state index < -0.39 is 23.1 Å². The van der Waals surface area contributed by atoms with E-state index >= 15 is 4.39 Å². The molecule has 0 bridgehead atoms. The van der Waals surface area contributed by atoms with Gasteiger partial charge in [-0.25, -0.2) is 23.1 Å². The number of aryl methyl sites for hydroxylation is 1. The third kappa shape index (κ3) is 3.78. The molecule has 1 fully saturated rings. The molecule has 1 atom stereocenters. The zero-order valence-electron chi connectivity index (χ0n) is 20.9. The van der Waals surface area contributed by atoms with Gasteiger partial charge in [0.25, 0.3) is 0 Å². The van der Waals surface area contributed by atoms with Crippen molar-refractivity contribution in [1.29, 1.82) is 0 Å². The highest BCUT2D eigenvalue weighted by atomic mass is 19.1. The number of hydrogen-bond acceptors (Lipinski definition) is 6. The van der Waals surface area contributed by atoms with Crippen LogP contribution >= 0.6 is 0 Å². The van der Waals surface area contributed by atoms with Crippen molar-refractivity contribution in [3.8, 4) is 22.7 Å². The van der Waals surface area contributed by atoms with Gasteiger partial charge in [0.05, 0.1) is 16.6 Å². The summed E-state index contributed by atoms with van der Waals surface area (Å²) < 4.78 is 31.9. The lowest BCUT2D eigenvalue weighted by Gasteiger charge is -2.35. The van der Waals surface area contributed by atoms with E-state index in [9.17, 15) is 14.3 Å². The first-order valence-electron chi connectivity index (χ1n) is 12.4. The summed E-state index contributed by atoms with van der Waals surface area (Å²) in [6.07, 6.45) is 0. The zero-order valence-corrected chi connectivity index (χ0v) is 20.9. The van der Waals surface area contributed by atoms with Crippen LogP contribution in [0.4, 0.5) is 14.6 Å². The van der Waals surface area contributed by atoms with E-state index in [4.69, 9.17) is 0 Å². The summed E-state index contributed by atoms with van der Waals surface area (Å²) in [5.74, 6) is -1.78. The van der Waals surface area contributed by atoms with Crippen LogP contribution in [0.1, 0.15) is 12.5 Å². The topological polar surface area (TPSA) is 83.3 Å². The van der Waals surface area contributed by atoms with Gasteiger partial charge in [0.1, 0.15) is 23.1 Å². The number of pyridine rings is 1. The van der Waals surface area contributed by atoms with Gasteiger partial charge in [0.2, 0.25) is 0 Å². The Bertz CT molecular complexity index is 1770. The smallest absolute Gasteiger partial charge is 0.355 e. The Morgan fingerprint density at radius 3 is 2.61 bits per heavy atom. The van der Waals surface area contributed by atoms with E-state index in [2.05, 4.69) is 15.3 Å². The number of benzene rings is 3. The van der Waals surface area contributed by atoms with Crippen LogP contribution in [0.2, 0.25) is 0 Å². The molecule has 7 nitrogen and oxygen atoms in total. The van der Waals surface area contributed by atoms with Gasteiger partial charge in [-0.1, -0.05) is 42.5 Å². The average molecular weight is 514 g/mol. The maximum atomic E-state index is 15.7. The molecular weight excluding hydrogens is 488 g/mol. The number of anilines is 1. The molecule has 0 saturated carbocycles.